The molecule has 0 saturated heterocycles. The lowest BCUT2D eigenvalue weighted by Crippen LogP contribution is -2.23. The van der Waals surface area contributed by atoms with Crippen molar-refractivity contribution in [1.82, 2.24) is 15.3 Å². The van der Waals surface area contributed by atoms with E-state index in [9.17, 15) is 4.79 Å². The summed E-state index contributed by atoms with van der Waals surface area (Å²) in [7, 11) is 0. The number of pyridine rings is 1. The molecule has 0 unspecified atom stereocenters. The molecule has 100 valence electrons. The molecule has 0 fully saturated rings. The van der Waals surface area contributed by atoms with E-state index in [1.165, 1.54) is 12.3 Å². The maximum atomic E-state index is 11.9. The average Bonchev–Trinajstić information content (AvgIpc) is 2.81. The van der Waals surface area contributed by atoms with Gasteiger partial charge in [0.25, 0.3) is 5.91 Å². The molecule has 1 amide bonds. The summed E-state index contributed by atoms with van der Waals surface area (Å²) in [6.45, 7) is 2.34. The lowest BCUT2D eigenvalue weighted by Gasteiger charge is -2.06. The normalized spacial score (nSPS) is 10.3. The third kappa shape index (κ3) is 3.40. The Morgan fingerprint density at radius 1 is 1.47 bits per heavy atom. The molecule has 8 heteroatoms. The second-order valence-corrected chi connectivity index (χ2v) is 5.47. The first-order chi connectivity index (χ1) is 9.10. The summed E-state index contributed by atoms with van der Waals surface area (Å²) in [4.78, 5) is 21.1. The first-order valence-corrected chi connectivity index (χ1v) is 6.61. The van der Waals surface area contributed by atoms with Crippen LogP contribution in [0.15, 0.2) is 18.5 Å². The number of rotatable bonds is 4. The van der Waals surface area contributed by atoms with E-state index < -0.39 is 0 Å². The quantitative estimate of drug-likeness (QED) is 0.590. The first kappa shape index (κ1) is 13.7. The third-order valence-electron chi connectivity index (χ3n) is 2.31. The highest BCUT2D eigenvalue weighted by Gasteiger charge is 2.10. The Hall–Kier alpha value is -1.70. The van der Waals surface area contributed by atoms with Crippen LogP contribution in [0.5, 0.6) is 0 Å². The topological polar surface area (TPSA) is 92.9 Å². The maximum Gasteiger partial charge on any atom is 0.253 e. The molecule has 2 aromatic rings. The van der Waals surface area contributed by atoms with Gasteiger partial charge in [0.15, 0.2) is 5.82 Å². The van der Waals surface area contributed by atoms with Gasteiger partial charge in [0.05, 0.1) is 17.1 Å². The van der Waals surface area contributed by atoms with Gasteiger partial charge in [0.2, 0.25) is 0 Å². The average molecular weight is 298 g/mol. The van der Waals surface area contributed by atoms with Crippen molar-refractivity contribution in [3.8, 4) is 0 Å². The van der Waals surface area contributed by atoms with Gasteiger partial charge in [-0.15, -0.1) is 11.3 Å². The molecule has 0 spiro atoms. The highest BCUT2D eigenvalue weighted by molar-refractivity contribution is 7.11. The summed E-state index contributed by atoms with van der Waals surface area (Å²) in [6.07, 6.45) is 3.18. The molecule has 0 radical (unpaired) electrons. The molecule has 0 aromatic carbocycles. The number of hydrogen-bond acceptors (Lipinski definition) is 6. The molecule has 0 saturated carbocycles. The Kier molecular flexibility index (Phi) is 4.31. The molecule has 0 aliphatic rings. The second-order valence-electron chi connectivity index (χ2n) is 3.75. The van der Waals surface area contributed by atoms with E-state index in [0.29, 0.717) is 22.9 Å². The number of nitrogens with zero attached hydrogens (tertiary/aromatic N) is 2. The molecule has 0 aliphatic carbocycles. The van der Waals surface area contributed by atoms with Gasteiger partial charge in [-0.3, -0.25) is 4.79 Å². The van der Waals surface area contributed by atoms with E-state index in [1.54, 1.807) is 17.5 Å². The number of aryl methyl sites for hydroxylation is 1. The highest BCUT2D eigenvalue weighted by Crippen LogP contribution is 2.19. The van der Waals surface area contributed by atoms with E-state index in [1.807, 2.05) is 6.92 Å². The molecule has 0 bridgehead atoms. The van der Waals surface area contributed by atoms with Gasteiger partial charge in [-0.2, -0.15) is 0 Å². The molecular weight excluding hydrogens is 286 g/mol. The number of carbonyl (C=O) groups is 1. The zero-order valence-corrected chi connectivity index (χ0v) is 11.7. The third-order valence-corrected chi connectivity index (χ3v) is 3.51. The van der Waals surface area contributed by atoms with Crippen molar-refractivity contribution in [3.63, 3.8) is 0 Å². The fraction of sp³-hybridized carbons (Fsp3) is 0.182. The predicted molar refractivity (Wildman–Crippen MR) is 75.1 cm³/mol. The van der Waals surface area contributed by atoms with Gasteiger partial charge in [-0.05, 0) is 13.0 Å². The van der Waals surface area contributed by atoms with Crippen molar-refractivity contribution in [3.05, 3.63) is 38.9 Å². The number of hydrazine groups is 1. The molecule has 6 nitrogen and oxygen atoms in total. The summed E-state index contributed by atoms with van der Waals surface area (Å²) in [5.41, 5.74) is 2.71. The van der Waals surface area contributed by atoms with Gasteiger partial charge in [0.1, 0.15) is 5.01 Å². The maximum absolute atomic E-state index is 11.9. The van der Waals surface area contributed by atoms with Gasteiger partial charge in [-0.1, -0.05) is 11.6 Å². The minimum Gasteiger partial charge on any atom is -0.345 e. The molecule has 2 heterocycles. The molecule has 19 heavy (non-hydrogen) atoms. The summed E-state index contributed by atoms with van der Waals surface area (Å²) >= 11 is 7.44. The lowest BCUT2D eigenvalue weighted by molar-refractivity contribution is 0.0950. The Bertz CT molecular complexity index is 601. The highest BCUT2D eigenvalue weighted by atomic mass is 35.5. The van der Waals surface area contributed by atoms with Gasteiger partial charge in [0, 0.05) is 17.3 Å². The molecule has 4 N–H and O–H groups in total. The Morgan fingerprint density at radius 2 is 2.26 bits per heavy atom. The van der Waals surface area contributed by atoms with Crippen LogP contribution in [0.3, 0.4) is 0 Å². The minimum absolute atomic E-state index is 0.258. The number of carbonyl (C=O) groups excluding carboxylic acids is 1. The largest absolute Gasteiger partial charge is 0.345 e. The van der Waals surface area contributed by atoms with Gasteiger partial charge >= 0.3 is 0 Å². The van der Waals surface area contributed by atoms with Gasteiger partial charge in [-0.25, -0.2) is 15.8 Å². The van der Waals surface area contributed by atoms with Crippen molar-refractivity contribution in [2.45, 2.75) is 13.5 Å². The van der Waals surface area contributed by atoms with Crippen LogP contribution in [-0.4, -0.2) is 15.9 Å². The summed E-state index contributed by atoms with van der Waals surface area (Å²) in [6, 6.07) is 1.51. The van der Waals surface area contributed by atoms with E-state index in [4.69, 9.17) is 17.4 Å². The fourth-order valence-electron chi connectivity index (χ4n) is 1.41. The zero-order chi connectivity index (χ0) is 13.8. The van der Waals surface area contributed by atoms with E-state index in [0.717, 1.165) is 9.88 Å². The van der Waals surface area contributed by atoms with Crippen LogP contribution in [0.2, 0.25) is 5.02 Å². The smallest absolute Gasteiger partial charge is 0.253 e. The summed E-state index contributed by atoms with van der Waals surface area (Å²) in [5.74, 6) is 5.28. The number of thiazole rings is 1. The molecule has 0 atom stereocenters. The fourth-order valence-corrected chi connectivity index (χ4v) is 2.36. The summed E-state index contributed by atoms with van der Waals surface area (Å²) in [5, 5.41) is 3.90. The molecular formula is C11H12ClN5OS. The van der Waals surface area contributed by atoms with Crippen LogP contribution in [0.1, 0.15) is 20.2 Å². The number of amides is 1. The number of nitrogens with two attached hydrogens (primary N) is 1. The van der Waals surface area contributed by atoms with Crippen molar-refractivity contribution in [2.75, 3.05) is 5.43 Å². The monoisotopic (exact) mass is 297 g/mol. The number of hydrogen-bond donors (Lipinski definition) is 3. The first-order valence-electron chi connectivity index (χ1n) is 5.42. The minimum atomic E-state index is -0.258. The Labute approximate surface area is 119 Å². The number of halogens is 1. The number of nitrogen functional groups attached to an aromatic ring is 1. The lowest BCUT2D eigenvalue weighted by atomic mass is 10.2. The zero-order valence-electron chi connectivity index (χ0n) is 10.1. The molecule has 2 aromatic heterocycles. The van der Waals surface area contributed by atoms with Crippen molar-refractivity contribution >= 4 is 34.7 Å². The van der Waals surface area contributed by atoms with Crippen LogP contribution in [0.25, 0.3) is 0 Å². The number of nitrogens with one attached hydrogen (secondary N) is 2. The van der Waals surface area contributed by atoms with Crippen LogP contribution in [-0.2, 0) is 6.54 Å². The van der Waals surface area contributed by atoms with Crippen LogP contribution in [0, 0.1) is 6.92 Å². The van der Waals surface area contributed by atoms with Crippen molar-refractivity contribution in [1.29, 1.82) is 0 Å². The van der Waals surface area contributed by atoms with Crippen LogP contribution in [0.4, 0.5) is 5.82 Å². The van der Waals surface area contributed by atoms with E-state index >= 15 is 0 Å². The standard InChI is InChI=1S/C11H12ClN5OS/c1-6-3-14-9(19-6)5-16-11(18)7-2-8(12)10(17-13)15-4-7/h2-4H,5,13H2,1H3,(H,15,17)(H,16,18). The SMILES string of the molecule is Cc1cnc(CNC(=O)c2cnc(NN)c(Cl)c2)s1. The number of aromatic nitrogens is 2. The van der Waals surface area contributed by atoms with Crippen molar-refractivity contribution < 1.29 is 4.79 Å². The van der Waals surface area contributed by atoms with Crippen LogP contribution >= 0.6 is 22.9 Å². The molecule has 0 aliphatic heterocycles. The van der Waals surface area contributed by atoms with E-state index in [-0.39, 0.29) is 5.91 Å². The Balaban J connectivity index is 2.01. The van der Waals surface area contributed by atoms with E-state index in [2.05, 4.69) is 20.7 Å². The van der Waals surface area contributed by atoms with Crippen LogP contribution < -0.4 is 16.6 Å². The number of anilines is 1. The second kappa shape index (κ2) is 5.96. The predicted octanol–water partition coefficient (Wildman–Crippen LogP) is 1.72. The summed E-state index contributed by atoms with van der Waals surface area (Å²) < 4.78 is 0. The Morgan fingerprint density at radius 3 is 2.84 bits per heavy atom. The molecule has 2 rings (SSSR count). The van der Waals surface area contributed by atoms with Gasteiger partial charge < -0.3 is 10.7 Å². The van der Waals surface area contributed by atoms with Crippen molar-refractivity contribution in [2.24, 2.45) is 5.84 Å².